The first-order valence-corrected chi connectivity index (χ1v) is 9.54. The second kappa shape index (κ2) is 7.53. The van der Waals surface area contributed by atoms with Crippen molar-refractivity contribution in [3.63, 3.8) is 0 Å². The van der Waals surface area contributed by atoms with Gasteiger partial charge in [0.1, 0.15) is 0 Å². The first kappa shape index (κ1) is 18.5. The molecule has 0 unspecified atom stereocenters. The van der Waals surface area contributed by atoms with Gasteiger partial charge in [-0.2, -0.15) is 8.42 Å². The van der Waals surface area contributed by atoms with Gasteiger partial charge in [-0.25, -0.2) is 4.98 Å². The Morgan fingerprint density at radius 3 is 2.58 bits per heavy atom. The summed E-state index contributed by atoms with van der Waals surface area (Å²) >= 11 is 0. The van der Waals surface area contributed by atoms with Crippen LogP contribution < -0.4 is 14.9 Å². The van der Waals surface area contributed by atoms with Gasteiger partial charge in [0, 0.05) is 49.5 Å². The van der Waals surface area contributed by atoms with Gasteiger partial charge in [0.2, 0.25) is 5.09 Å². The molecular formula is C17H19ClN4O3S. The summed E-state index contributed by atoms with van der Waals surface area (Å²) < 4.78 is 33.5. The number of para-hydroxylation sites is 1. The zero-order valence-corrected chi connectivity index (χ0v) is 15.5. The molecule has 0 amide bonds. The highest BCUT2D eigenvalue weighted by Crippen LogP contribution is 2.30. The van der Waals surface area contributed by atoms with Gasteiger partial charge in [-0.3, -0.25) is 4.72 Å². The van der Waals surface area contributed by atoms with E-state index in [9.17, 15) is 8.42 Å². The molecule has 3 heterocycles. The van der Waals surface area contributed by atoms with Crippen LogP contribution in [0, 0.1) is 0 Å². The number of benzene rings is 1. The van der Waals surface area contributed by atoms with E-state index in [1.807, 2.05) is 6.07 Å². The second-order valence-electron chi connectivity index (χ2n) is 5.83. The molecule has 0 saturated carbocycles. The number of halogens is 1. The van der Waals surface area contributed by atoms with E-state index in [1.165, 1.54) is 6.07 Å². The van der Waals surface area contributed by atoms with Gasteiger partial charge in [-0.15, -0.1) is 12.4 Å². The van der Waals surface area contributed by atoms with Crippen LogP contribution in [0.4, 0.5) is 11.5 Å². The van der Waals surface area contributed by atoms with E-state index in [-0.39, 0.29) is 17.5 Å². The number of anilines is 2. The molecule has 9 heteroatoms. The Bertz CT molecular complexity index is 986. The highest BCUT2D eigenvalue weighted by atomic mass is 35.5. The third-order valence-corrected chi connectivity index (χ3v) is 5.33. The van der Waals surface area contributed by atoms with E-state index in [2.05, 4.69) is 19.9 Å². The maximum atomic E-state index is 12.6. The Labute approximate surface area is 157 Å². The topological polar surface area (TPSA) is 87.5 Å². The van der Waals surface area contributed by atoms with Crippen LogP contribution in [-0.4, -0.2) is 39.6 Å². The standard InChI is InChI=1S/C17H18N4O3S.ClH/c22-25(23,20-14-4-2-1-3-5-14)15-12-13-6-7-19-17(16(13)24-15)21-10-8-18-9-11-21;/h1-7,12,18,20H,8-11H2;1H. The number of furan rings is 1. The summed E-state index contributed by atoms with van der Waals surface area (Å²) in [6, 6.07) is 12.0. The summed E-state index contributed by atoms with van der Waals surface area (Å²) in [5, 5.41) is 3.89. The zero-order valence-electron chi connectivity index (χ0n) is 13.9. The van der Waals surface area contributed by atoms with Gasteiger partial charge in [-0.1, -0.05) is 18.2 Å². The van der Waals surface area contributed by atoms with Crippen molar-refractivity contribution in [1.29, 1.82) is 0 Å². The molecular weight excluding hydrogens is 376 g/mol. The SMILES string of the molecule is Cl.O=S(=O)(Nc1ccccc1)c1cc2ccnc(N3CCNCC3)c2o1. The minimum Gasteiger partial charge on any atom is -0.439 e. The summed E-state index contributed by atoms with van der Waals surface area (Å²) in [5.41, 5.74) is 0.987. The van der Waals surface area contributed by atoms with E-state index < -0.39 is 10.0 Å². The molecule has 26 heavy (non-hydrogen) atoms. The number of nitrogens with one attached hydrogen (secondary N) is 2. The number of hydrogen-bond donors (Lipinski definition) is 2. The highest BCUT2D eigenvalue weighted by molar-refractivity contribution is 7.92. The number of hydrogen-bond acceptors (Lipinski definition) is 6. The number of rotatable bonds is 4. The van der Waals surface area contributed by atoms with Gasteiger partial charge in [0.25, 0.3) is 10.0 Å². The molecule has 2 N–H and O–H groups in total. The molecule has 1 aliphatic rings. The molecule has 138 valence electrons. The molecule has 0 radical (unpaired) electrons. The minimum absolute atomic E-state index is 0. The molecule has 4 rings (SSSR count). The molecule has 7 nitrogen and oxygen atoms in total. The van der Waals surface area contributed by atoms with E-state index in [1.54, 1.807) is 36.5 Å². The predicted octanol–water partition coefficient (Wildman–Crippen LogP) is 2.46. The van der Waals surface area contributed by atoms with Gasteiger partial charge >= 0.3 is 0 Å². The van der Waals surface area contributed by atoms with Crippen LogP contribution in [0.15, 0.2) is 58.2 Å². The average Bonchev–Trinajstić information content (AvgIpc) is 3.08. The fourth-order valence-electron chi connectivity index (χ4n) is 2.87. The fraction of sp³-hybridized carbons (Fsp3) is 0.235. The van der Waals surface area contributed by atoms with Crippen molar-refractivity contribution in [1.82, 2.24) is 10.3 Å². The Morgan fingerprint density at radius 1 is 1.12 bits per heavy atom. The lowest BCUT2D eigenvalue weighted by Gasteiger charge is -2.28. The van der Waals surface area contributed by atoms with Crippen molar-refractivity contribution in [2.45, 2.75) is 5.09 Å². The van der Waals surface area contributed by atoms with Crippen LogP contribution in [0.2, 0.25) is 0 Å². The first-order chi connectivity index (χ1) is 12.1. The summed E-state index contributed by atoms with van der Waals surface area (Å²) in [6.07, 6.45) is 1.68. The Hall–Kier alpha value is -2.29. The average molecular weight is 395 g/mol. The number of aromatic nitrogens is 1. The fourth-order valence-corrected chi connectivity index (χ4v) is 3.89. The number of fused-ring (bicyclic) bond motifs is 1. The van der Waals surface area contributed by atoms with Gasteiger partial charge < -0.3 is 14.6 Å². The lowest BCUT2D eigenvalue weighted by atomic mass is 10.3. The molecule has 2 aromatic heterocycles. The summed E-state index contributed by atoms with van der Waals surface area (Å²) in [6.45, 7) is 3.33. The predicted molar refractivity (Wildman–Crippen MR) is 104 cm³/mol. The smallest absolute Gasteiger partial charge is 0.295 e. The van der Waals surface area contributed by atoms with E-state index >= 15 is 0 Å². The van der Waals surface area contributed by atoms with E-state index in [4.69, 9.17) is 4.42 Å². The summed E-state index contributed by atoms with van der Waals surface area (Å²) in [4.78, 5) is 6.50. The first-order valence-electron chi connectivity index (χ1n) is 8.05. The molecule has 3 aromatic rings. The van der Waals surface area contributed by atoms with Crippen molar-refractivity contribution < 1.29 is 12.8 Å². The third kappa shape index (κ3) is 3.62. The maximum Gasteiger partial charge on any atom is 0.295 e. The molecule has 1 saturated heterocycles. The molecule has 1 aliphatic heterocycles. The second-order valence-corrected chi connectivity index (χ2v) is 7.44. The number of nitrogens with zero attached hydrogens (tertiary/aromatic N) is 2. The summed E-state index contributed by atoms with van der Waals surface area (Å²) in [5.74, 6) is 0.681. The monoisotopic (exact) mass is 394 g/mol. The van der Waals surface area contributed by atoms with Crippen LogP contribution >= 0.6 is 12.4 Å². The van der Waals surface area contributed by atoms with Crippen molar-refractivity contribution in [2.75, 3.05) is 35.8 Å². The van der Waals surface area contributed by atoms with Gasteiger partial charge in [0.15, 0.2) is 11.4 Å². The zero-order chi connectivity index (χ0) is 17.3. The van der Waals surface area contributed by atoms with E-state index in [0.29, 0.717) is 17.1 Å². The van der Waals surface area contributed by atoms with Crippen LogP contribution in [0.25, 0.3) is 11.0 Å². The lowest BCUT2D eigenvalue weighted by Crippen LogP contribution is -2.43. The van der Waals surface area contributed by atoms with Crippen molar-refractivity contribution in [3.8, 4) is 0 Å². The van der Waals surface area contributed by atoms with Crippen LogP contribution in [-0.2, 0) is 10.0 Å². The highest BCUT2D eigenvalue weighted by Gasteiger charge is 2.23. The van der Waals surface area contributed by atoms with Crippen LogP contribution in [0.5, 0.6) is 0 Å². The van der Waals surface area contributed by atoms with Crippen LogP contribution in [0.1, 0.15) is 0 Å². The number of piperazine rings is 1. The van der Waals surface area contributed by atoms with Gasteiger partial charge in [-0.05, 0) is 18.2 Å². The molecule has 0 aliphatic carbocycles. The van der Waals surface area contributed by atoms with Crippen molar-refractivity contribution >= 4 is 44.9 Å². The third-order valence-electron chi connectivity index (χ3n) is 4.10. The molecule has 1 fully saturated rings. The van der Waals surface area contributed by atoms with Crippen LogP contribution in [0.3, 0.4) is 0 Å². The maximum absolute atomic E-state index is 12.6. The Morgan fingerprint density at radius 2 is 1.85 bits per heavy atom. The summed E-state index contributed by atoms with van der Waals surface area (Å²) in [7, 11) is -3.80. The Balaban J connectivity index is 0.00000196. The van der Waals surface area contributed by atoms with Crippen molar-refractivity contribution in [2.24, 2.45) is 0 Å². The normalized spacial score (nSPS) is 14.8. The molecule has 0 bridgehead atoms. The molecule has 0 spiro atoms. The molecule has 0 atom stereocenters. The quantitative estimate of drug-likeness (QED) is 0.706. The minimum atomic E-state index is -3.80. The largest absolute Gasteiger partial charge is 0.439 e. The molecule has 1 aromatic carbocycles. The van der Waals surface area contributed by atoms with Crippen molar-refractivity contribution in [3.05, 3.63) is 48.7 Å². The van der Waals surface area contributed by atoms with Gasteiger partial charge in [0.05, 0.1) is 0 Å². The lowest BCUT2D eigenvalue weighted by molar-refractivity contribution is 0.481. The number of pyridine rings is 1. The number of sulfonamides is 1. The van der Waals surface area contributed by atoms with E-state index in [0.717, 1.165) is 31.6 Å². The Kier molecular flexibility index (Phi) is 5.36.